The number of benzene rings is 3. The molecule has 15 nitrogen and oxygen atoms in total. The lowest BCUT2D eigenvalue weighted by molar-refractivity contribution is -0.137. The van der Waals surface area contributed by atoms with Gasteiger partial charge in [-0.15, -0.1) is 0 Å². The number of nitrogens with one attached hydrogen (secondary N) is 4. The molecule has 1 saturated heterocycles. The molecular weight excluding hydrogens is 656 g/mol. The van der Waals surface area contributed by atoms with E-state index in [4.69, 9.17) is 16.2 Å². The van der Waals surface area contributed by atoms with Crippen molar-refractivity contribution in [2.75, 3.05) is 24.3 Å². The molecule has 266 valence electrons. The Hall–Kier alpha value is -6.25. The first-order valence-electron chi connectivity index (χ1n) is 16.5. The highest BCUT2D eigenvalue weighted by Crippen LogP contribution is 2.32. The average molecular weight is 697 g/mol. The molecule has 0 aromatic heterocycles. The minimum atomic E-state index is -0.729. The maximum absolute atomic E-state index is 13.0. The average Bonchev–Trinajstić information content (AvgIpc) is 3.43. The van der Waals surface area contributed by atoms with Gasteiger partial charge in [-0.05, 0) is 67.3 Å². The van der Waals surface area contributed by atoms with Crippen molar-refractivity contribution in [3.05, 3.63) is 82.9 Å². The van der Waals surface area contributed by atoms with Crippen LogP contribution in [0.5, 0.6) is 5.75 Å². The number of anilines is 2. The Balaban J connectivity index is 0.994. The van der Waals surface area contributed by atoms with Crippen LogP contribution in [0.4, 0.5) is 17.1 Å². The lowest BCUT2D eigenvalue weighted by Crippen LogP contribution is -2.52. The predicted octanol–water partition coefficient (Wildman–Crippen LogP) is 2.47. The number of amides is 6. The number of guanidine groups is 1. The van der Waals surface area contributed by atoms with Gasteiger partial charge in [0.15, 0.2) is 5.96 Å². The number of methoxy groups -OCH3 is 1. The van der Waals surface area contributed by atoms with Crippen LogP contribution in [0.25, 0.3) is 0 Å². The van der Waals surface area contributed by atoms with Gasteiger partial charge < -0.3 is 37.1 Å². The number of hydrogen-bond acceptors (Lipinski definition) is 8. The molecule has 1 unspecified atom stereocenters. The first-order valence-corrected chi connectivity index (χ1v) is 16.5. The summed E-state index contributed by atoms with van der Waals surface area (Å²) < 4.78 is 5.28. The molecule has 6 amide bonds. The Labute approximate surface area is 294 Å². The maximum atomic E-state index is 13.0. The third-order valence-electron chi connectivity index (χ3n) is 8.53. The van der Waals surface area contributed by atoms with Crippen molar-refractivity contribution in [2.45, 2.75) is 57.5 Å². The number of nitrogens with zero attached hydrogens (tertiary/aromatic N) is 2. The molecule has 2 heterocycles. The standard InChI is InChI=1S/C36H40N8O7/c1-51-29-19-22(11-14-27(29)42-36(37)38)33(48)40-23-12-9-21(10-13-23)18-32(47)39-17-4-2-3-8-30(45)41-26-7-5-6-24-25(26)20-44(35(24)50)28-15-16-31(46)43-34(28)49/h5-7,9-14,19,28H,2-4,8,15-18,20H2,1H3,(H,39,47)(H,40,48)(H,41,45)(H4,37,38,42)(H,43,46,49). The van der Waals surface area contributed by atoms with Crippen molar-refractivity contribution in [1.82, 2.24) is 15.5 Å². The molecule has 2 aliphatic heterocycles. The topological polar surface area (TPSA) is 227 Å². The van der Waals surface area contributed by atoms with E-state index in [1.807, 2.05) is 0 Å². The first kappa shape index (κ1) is 36.0. The fourth-order valence-electron chi connectivity index (χ4n) is 5.94. The molecule has 1 atom stereocenters. The molecule has 0 aliphatic carbocycles. The van der Waals surface area contributed by atoms with Gasteiger partial charge in [0.2, 0.25) is 23.6 Å². The zero-order valence-electron chi connectivity index (χ0n) is 28.1. The molecular formula is C36H40N8O7. The summed E-state index contributed by atoms with van der Waals surface area (Å²) in [4.78, 5) is 80.3. The van der Waals surface area contributed by atoms with Crippen molar-refractivity contribution in [3.63, 3.8) is 0 Å². The number of ether oxygens (including phenoxy) is 1. The number of unbranched alkanes of at least 4 members (excludes halogenated alkanes) is 2. The fourth-order valence-corrected chi connectivity index (χ4v) is 5.94. The van der Waals surface area contributed by atoms with E-state index in [9.17, 15) is 28.8 Å². The van der Waals surface area contributed by atoms with Gasteiger partial charge in [-0.3, -0.25) is 34.1 Å². The zero-order chi connectivity index (χ0) is 36.5. The number of carbonyl (C=O) groups excluding carboxylic acids is 6. The smallest absolute Gasteiger partial charge is 0.255 e. The van der Waals surface area contributed by atoms with Crippen LogP contribution >= 0.6 is 0 Å². The molecule has 5 rings (SSSR count). The Morgan fingerprint density at radius 2 is 1.75 bits per heavy atom. The lowest BCUT2D eigenvalue weighted by atomic mass is 10.0. The number of aliphatic imine (C=N–C) groups is 1. The highest BCUT2D eigenvalue weighted by molar-refractivity contribution is 6.07. The summed E-state index contributed by atoms with van der Waals surface area (Å²) in [6.45, 7) is 0.635. The van der Waals surface area contributed by atoms with Gasteiger partial charge in [-0.25, -0.2) is 4.99 Å². The lowest BCUT2D eigenvalue weighted by Gasteiger charge is -2.29. The Morgan fingerprint density at radius 3 is 2.47 bits per heavy atom. The van der Waals surface area contributed by atoms with Crippen molar-refractivity contribution < 1.29 is 33.5 Å². The number of fused-ring (bicyclic) bond motifs is 1. The van der Waals surface area contributed by atoms with E-state index in [0.29, 0.717) is 58.9 Å². The number of nitrogens with two attached hydrogens (primary N) is 2. The highest BCUT2D eigenvalue weighted by Gasteiger charge is 2.40. The minimum Gasteiger partial charge on any atom is -0.494 e. The van der Waals surface area contributed by atoms with Crippen LogP contribution in [0, 0.1) is 0 Å². The van der Waals surface area contributed by atoms with Crippen LogP contribution in [-0.4, -0.2) is 66.0 Å². The summed E-state index contributed by atoms with van der Waals surface area (Å²) >= 11 is 0. The van der Waals surface area contributed by atoms with E-state index in [1.54, 1.807) is 54.6 Å². The summed E-state index contributed by atoms with van der Waals surface area (Å²) in [5.41, 5.74) is 14.6. The second kappa shape index (κ2) is 16.4. The van der Waals surface area contributed by atoms with E-state index < -0.39 is 11.9 Å². The molecule has 0 spiro atoms. The largest absolute Gasteiger partial charge is 0.494 e. The van der Waals surface area contributed by atoms with Gasteiger partial charge in [0.1, 0.15) is 17.5 Å². The molecule has 8 N–H and O–H groups in total. The van der Waals surface area contributed by atoms with Crippen LogP contribution in [0.15, 0.2) is 65.7 Å². The van der Waals surface area contributed by atoms with Gasteiger partial charge in [0, 0.05) is 54.0 Å². The van der Waals surface area contributed by atoms with E-state index in [2.05, 4.69) is 26.3 Å². The van der Waals surface area contributed by atoms with E-state index in [0.717, 1.165) is 12.0 Å². The van der Waals surface area contributed by atoms with E-state index >= 15 is 0 Å². The van der Waals surface area contributed by atoms with Crippen molar-refractivity contribution >= 4 is 58.5 Å². The molecule has 51 heavy (non-hydrogen) atoms. The molecule has 3 aromatic rings. The van der Waals surface area contributed by atoms with Gasteiger partial charge in [-0.1, -0.05) is 24.6 Å². The normalized spacial score (nSPS) is 15.0. The molecule has 3 aromatic carbocycles. The van der Waals surface area contributed by atoms with Crippen LogP contribution in [0.3, 0.4) is 0 Å². The van der Waals surface area contributed by atoms with E-state index in [-0.39, 0.29) is 67.7 Å². The molecule has 0 bridgehead atoms. The molecule has 2 aliphatic rings. The van der Waals surface area contributed by atoms with Crippen LogP contribution in [-0.2, 0) is 32.1 Å². The molecule has 0 saturated carbocycles. The SMILES string of the molecule is COc1cc(C(=O)Nc2ccc(CC(=O)NCCCCCC(=O)Nc3cccc4c3CN(C3CCC(=O)NC3=O)C4=O)cc2)ccc1N=C(N)N. The second-order valence-corrected chi connectivity index (χ2v) is 12.2. The third kappa shape index (κ3) is 9.26. The fraction of sp³-hybridized carbons (Fsp3) is 0.306. The Morgan fingerprint density at radius 1 is 0.961 bits per heavy atom. The van der Waals surface area contributed by atoms with Gasteiger partial charge in [-0.2, -0.15) is 0 Å². The Bertz CT molecular complexity index is 1870. The number of imide groups is 1. The second-order valence-electron chi connectivity index (χ2n) is 12.2. The number of piperidine rings is 1. The third-order valence-corrected chi connectivity index (χ3v) is 8.53. The summed E-state index contributed by atoms with van der Waals surface area (Å²) in [7, 11) is 1.45. The van der Waals surface area contributed by atoms with Crippen LogP contribution < -0.4 is 37.5 Å². The first-order chi connectivity index (χ1) is 24.5. The molecule has 15 heteroatoms. The summed E-state index contributed by atoms with van der Waals surface area (Å²) in [5.74, 6) is -1.62. The van der Waals surface area contributed by atoms with Crippen LogP contribution in [0.1, 0.15) is 70.4 Å². The maximum Gasteiger partial charge on any atom is 0.255 e. The molecule has 1 fully saturated rings. The highest BCUT2D eigenvalue weighted by atomic mass is 16.5. The van der Waals surface area contributed by atoms with Crippen molar-refractivity contribution in [2.24, 2.45) is 16.5 Å². The van der Waals surface area contributed by atoms with Gasteiger partial charge in [0.25, 0.3) is 11.8 Å². The summed E-state index contributed by atoms with van der Waals surface area (Å²) in [6, 6.07) is 16.0. The number of hydrogen-bond donors (Lipinski definition) is 6. The molecule has 0 radical (unpaired) electrons. The van der Waals surface area contributed by atoms with E-state index in [1.165, 1.54) is 18.1 Å². The number of rotatable bonds is 14. The quantitative estimate of drug-likeness (QED) is 0.0629. The predicted molar refractivity (Wildman–Crippen MR) is 189 cm³/mol. The summed E-state index contributed by atoms with van der Waals surface area (Å²) in [5, 5.41) is 10.9. The monoisotopic (exact) mass is 696 g/mol. The van der Waals surface area contributed by atoms with Gasteiger partial charge >= 0.3 is 0 Å². The number of carbonyl (C=O) groups is 6. The zero-order valence-corrected chi connectivity index (χ0v) is 28.1. The van der Waals surface area contributed by atoms with Gasteiger partial charge in [0.05, 0.1) is 13.5 Å². The van der Waals surface area contributed by atoms with Crippen LogP contribution in [0.2, 0.25) is 0 Å². The van der Waals surface area contributed by atoms with Crippen molar-refractivity contribution in [1.29, 1.82) is 0 Å². The minimum absolute atomic E-state index is 0.130. The summed E-state index contributed by atoms with van der Waals surface area (Å²) in [6.07, 6.45) is 2.89. The Kier molecular flexibility index (Phi) is 11.6. The van der Waals surface area contributed by atoms with Crippen molar-refractivity contribution in [3.8, 4) is 5.75 Å².